The maximum atomic E-state index is 9.53. The van der Waals surface area contributed by atoms with Gasteiger partial charge in [-0.25, -0.2) is 0 Å². The van der Waals surface area contributed by atoms with Crippen LogP contribution < -0.4 is 5.32 Å². The highest BCUT2D eigenvalue weighted by Gasteiger charge is 2.10. The Kier molecular flexibility index (Phi) is 4.16. The first-order valence-electron chi connectivity index (χ1n) is 8.75. The number of hydrogen-bond donors (Lipinski definition) is 4. The molecule has 6 heteroatoms. The third-order valence-corrected chi connectivity index (χ3v) is 4.66. The summed E-state index contributed by atoms with van der Waals surface area (Å²) in [7, 11) is 0. The van der Waals surface area contributed by atoms with Crippen molar-refractivity contribution in [3.05, 3.63) is 65.5 Å². The lowest BCUT2D eigenvalue weighted by Gasteiger charge is -2.06. The van der Waals surface area contributed by atoms with E-state index in [1.165, 1.54) is 0 Å². The Hall–Kier alpha value is -3.54. The van der Waals surface area contributed by atoms with E-state index in [1.807, 2.05) is 32.9 Å². The van der Waals surface area contributed by atoms with Crippen molar-refractivity contribution in [2.24, 2.45) is 0 Å². The Morgan fingerprint density at radius 1 is 0.852 bits per heavy atom. The van der Waals surface area contributed by atoms with Gasteiger partial charge in [0, 0.05) is 23.0 Å². The van der Waals surface area contributed by atoms with Gasteiger partial charge in [0.25, 0.3) is 0 Å². The van der Waals surface area contributed by atoms with Crippen LogP contribution in [0.2, 0.25) is 0 Å². The average Bonchev–Trinajstić information content (AvgIpc) is 3.24. The van der Waals surface area contributed by atoms with E-state index >= 15 is 0 Å². The lowest BCUT2D eigenvalue weighted by Crippen LogP contribution is -1.92. The summed E-state index contributed by atoms with van der Waals surface area (Å²) in [6.45, 7) is 5.97. The molecule has 2 aromatic carbocycles. The monoisotopic (exact) mass is 359 g/mol. The smallest absolute Gasteiger partial charge is 0.152 e. The number of aromatic nitrogens is 4. The molecule has 27 heavy (non-hydrogen) atoms. The van der Waals surface area contributed by atoms with Gasteiger partial charge in [0.1, 0.15) is 5.75 Å². The topological polar surface area (TPSA) is 89.6 Å². The SMILES string of the molecule is Cc1cc(O)ccc1Nc1cc(-c2ccc(-c3c(C)n[nH]c3C)cc2)[nH]n1. The Labute approximate surface area is 157 Å². The van der Waals surface area contributed by atoms with Crippen LogP contribution in [0.4, 0.5) is 11.5 Å². The van der Waals surface area contributed by atoms with Crippen molar-refractivity contribution in [1.29, 1.82) is 0 Å². The van der Waals surface area contributed by atoms with Gasteiger partial charge in [-0.15, -0.1) is 0 Å². The van der Waals surface area contributed by atoms with Crippen LogP contribution >= 0.6 is 0 Å². The molecule has 0 radical (unpaired) electrons. The Morgan fingerprint density at radius 2 is 1.59 bits per heavy atom. The largest absolute Gasteiger partial charge is 0.508 e. The van der Waals surface area contributed by atoms with Crippen LogP contribution in [0.5, 0.6) is 5.75 Å². The average molecular weight is 359 g/mol. The number of anilines is 2. The zero-order valence-electron chi connectivity index (χ0n) is 15.5. The molecule has 4 N–H and O–H groups in total. The van der Waals surface area contributed by atoms with Crippen molar-refractivity contribution in [3.63, 3.8) is 0 Å². The van der Waals surface area contributed by atoms with Gasteiger partial charge in [0.05, 0.1) is 11.4 Å². The molecule has 0 atom stereocenters. The highest BCUT2D eigenvalue weighted by Crippen LogP contribution is 2.29. The molecule has 2 aromatic heterocycles. The van der Waals surface area contributed by atoms with Crippen molar-refractivity contribution < 1.29 is 5.11 Å². The van der Waals surface area contributed by atoms with E-state index in [4.69, 9.17) is 0 Å². The van der Waals surface area contributed by atoms with E-state index in [0.717, 1.165) is 50.8 Å². The number of hydrogen-bond acceptors (Lipinski definition) is 4. The van der Waals surface area contributed by atoms with Crippen LogP contribution in [0.15, 0.2) is 48.5 Å². The number of H-pyrrole nitrogens is 2. The number of nitrogens with zero attached hydrogens (tertiary/aromatic N) is 2. The quantitative estimate of drug-likeness (QED) is 0.392. The van der Waals surface area contributed by atoms with Crippen molar-refractivity contribution in [2.45, 2.75) is 20.8 Å². The molecule has 2 heterocycles. The summed E-state index contributed by atoms with van der Waals surface area (Å²) in [6, 6.07) is 15.5. The maximum absolute atomic E-state index is 9.53. The summed E-state index contributed by atoms with van der Waals surface area (Å²) in [5, 5.41) is 27.5. The normalized spacial score (nSPS) is 10.9. The molecule has 4 aromatic rings. The van der Waals surface area contributed by atoms with Gasteiger partial charge in [0.15, 0.2) is 5.82 Å². The number of rotatable bonds is 4. The number of nitrogens with one attached hydrogen (secondary N) is 3. The summed E-state index contributed by atoms with van der Waals surface area (Å²) in [6.07, 6.45) is 0. The molecular formula is C21H21N5O. The zero-order valence-corrected chi connectivity index (χ0v) is 15.5. The summed E-state index contributed by atoms with van der Waals surface area (Å²) in [5.41, 5.74) is 8.20. The molecular weight excluding hydrogens is 338 g/mol. The van der Waals surface area contributed by atoms with Crippen LogP contribution in [-0.2, 0) is 0 Å². The van der Waals surface area contributed by atoms with Gasteiger partial charge in [-0.05, 0) is 55.7 Å². The highest BCUT2D eigenvalue weighted by atomic mass is 16.3. The Balaban J connectivity index is 1.56. The van der Waals surface area contributed by atoms with Gasteiger partial charge in [-0.3, -0.25) is 10.2 Å². The van der Waals surface area contributed by atoms with Gasteiger partial charge >= 0.3 is 0 Å². The van der Waals surface area contributed by atoms with Gasteiger partial charge in [0.2, 0.25) is 0 Å². The maximum Gasteiger partial charge on any atom is 0.152 e. The summed E-state index contributed by atoms with van der Waals surface area (Å²) in [4.78, 5) is 0. The van der Waals surface area contributed by atoms with E-state index in [0.29, 0.717) is 0 Å². The van der Waals surface area contributed by atoms with Crippen LogP contribution in [-0.4, -0.2) is 25.5 Å². The Morgan fingerprint density at radius 3 is 2.26 bits per heavy atom. The molecule has 0 saturated heterocycles. The van der Waals surface area contributed by atoms with Crippen LogP contribution in [0.1, 0.15) is 17.0 Å². The fraction of sp³-hybridized carbons (Fsp3) is 0.143. The van der Waals surface area contributed by atoms with Crippen LogP contribution in [0, 0.1) is 20.8 Å². The number of phenols is 1. The fourth-order valence-electron chi connectivity index (χ4n) is 3.25. The molecule has 136 valence electrons. The van der Waals surface area contributed by atoms with E-state index in [9.17, 15) is 5.11 Å². The lowest BCUT2D eigenvalue weighted by atomic mass is 10.0. The fourth-order valence-corrected chi connectivity index (χ4v) is 3.25. The number of phenolic OH excluding ortho intramolecular Hbond substituents is 1. The molecule has 0 saturated carbocycles. The number of aryl methyl sites for hydroxylation is 3. The number of aromatic amines is 2. The summed E-state index contributed by atoms with van der Waals surface area (Å²) in [5.74, 6) is 0.980. The first kappa shape index (κ1) is 16.9. The van der Waals surface area contributed by atoms with Crippen molar-refractivity contribution in [1.82, 2.24) is 20.4 Å². The minimum Gasteiger partial charge on any atom is -0.508 e. The van der Waals surface area contributed by atoms with E-state index in [2.05, 4.69) is 50.0 Å². The van der Waals surface area contributed by atoms with E-state index in [1.54, 1.807) is 12.1 Å². The molecule has 0 aliphatic rings. The lowest BCUT2D eigenvalue weighted by molar-refractivity contribution is 0.475. The molecule has 6 nitrogen and oxygen atoms in total. The third kappa shape index (κ3) is 3.29. The number of aromatic hydroxyl groups is 1. The van der Waals surface area contributed by atoms with Crippen molar-refractivity contribution in [2.75, 3.05) is 5.32 Å². The highest BCUT2D eigenvalue weighted by molar-refractivity contribution is 5.73. The second-order valence-electron chi connectivity index (χ2n) is 6.68. The van der Waals surface area contributed by atoms with Gasteiger partial charge < -0.3 is 10.4 Å². The van der Waals surface area contributed by atoms with E-state index in [-0.39, 0.29) is 5.75 Å². The van der Waals surface area contributed by atoms with Crippen molar-refractivity contribution in [3.8, 4) is 28.1 Å². The summed E-state index contributed by atoms with van der Waals surface area (Å²) >= 11 is 0. The minimum atomic E-state index is 0.254. The first-order valence-corrected chi connectivity index (χ1v) is 8.75. The minimum absolute atomic E-state index is 0.254. The van der Waals surface area contributed by atoms with Gasteiger partial charge in [-0.1, -0.05) is 24.3 Å². The predicted molar refractivity (Wildman–Crippen MR) is 107 cm³/mol. The Bertz CT molecular complexity index is 1070. The standard InChI is InChI=1S/C21H21N5O/c1-12-10-17(27)8-9-18(12)22-20-11-19(25-26-20)15-4-6-16(7-5-15)21-13(2)23-24-14(21)3/h4-11,27H,1-3H3,(H,23,24)(H2,22,25,26). The summed E-state index contributed by atoms with van der Waals surface area (Å²) < 4.78 is 0. The third-order valence-electron chi connectivity index (χ3n) is 4.66. The van der Waals surface area contributed by atoms with Crippen LogP contribution in [0.3, 0.4) is 0 Å². The molecule has 0 aliphatic heterocycles. The molecule has 0 bridgehead atoms. The van der Waals surface area contributed by atoms with Gasteiger partial charge in [-0.2, -0.15) is 10.2 Å². The predicted octanol–water partition coefficient (Wildman–Crippen LogP) is 4.84. The molecule has 0 fully saturated rings. The second kappa shape index (κ2) is 6.64. The zero-order chi connectivity index (χ0) is 19.0. The molecule has 4 rings (SSSR count). The second-order valence-corrected chi connectivity index (χ2v) is 6.68. The number of benzene rings is 2. The first-order chi connectivity index (χ1) is 13.0. The van der Waals surface area contributed by atoms with Crippen molar-refractivity contribution >= 4 is 11.5 Å². The molecule has 0 amide bonds. The van der Waals surface area contributed by atoms with Crippen LogP contribution in [0.25, 0.3) is 22.4 Å². The van der Waals surface area contributed by atoms with E-state index < -0.39 is 0 Å². The molecule has 0 spiro atoms. The molecule has 0 unspecified atom stereocenters. The molecule has 0 aliphatic carbocycles.